The van der Waals surface area contributed by atoms with Crippen molar-refractivity contribution in [1.82, 2.24) is 0 Å². The van der Waals surface area contributed by atoms with Crippen molar-refractivity contribution in [2.75, 3.05) is 26.9 Å². The Kier molecular flexibility index (Phi) is 6.43. The van der Waals surface area contributed by atoms with E-state index >= 15 is 0 Å². The van der Waals surface area contributed by atoms with E-state index in [0.29, 0.717) is 24.7 Å². The molecule has 4 nitrogen and oxygen atoms in total. The fourth-order valence-electron chi connectivity index (χ4n) is 1.38. The first-order chi connectivity index (χ1) is 8.81. The van der Waals surface area contributed by atoms with Gasteiger partial charge in [0.15, 0.2) is 11.5 Å². The van der Waals surface area contributed by atoms with E-state index in [9.17, 15) is 0 Å². The number of methoxy groups -OCH3 is 1. The van der Waals surface area contributed by atoms with Crippen LogP contribution in [0, 0.1) is 0 Å². The molecular formula is C14H18O4. The third kappa shape index (κ3) is 4.51. The second-order valence-electron chi connectivity index (χ2n) is 3.38. The molecule has 0 saturated heterocycles. The first kappa shape index (κ1) is 14.1. The average Bonchev–Trinajstić information content (AvgIpc) is 2.42. The van der Waals surface area contributed by atoms with Gasteiger partial charge in [0, 0.05) is 0 Å². The summed E-state index contributed by atoms with van der Waals surface area (Å²) >= 11 is 0. The molecule has 98 valence electrons. The fraction of sp³-hybridized carbons (Fsp3) is 0.286. The van der Waals surface area contributed by atoms with Crippen LogP contribution >= 0.6 is 0 Å². The summed E-state index contributed by atoms with van der Waals surface area (Å²) < 4.78 is 15.7. The van der Waals surface area contributed by atoms with Crippen molar-refractivity contribution in [3.05, 3.63) is 42.7 Å². The van der Waals surface area contributed by atoms with Gasteiger partial charge in [0.25, 0.3) is 0 Å². The Morgan fingerprint density at radius 1 is 1.28 bits per heavy atom. The molecule has 0 bridgehead atoms. The molecule has 1 aromatic carbocycles. The summed E-state index contributed by atoms with van der Waals surface area (Å²) in [5.74, 6) is 1.31. The second-order valence-corrected chi connectivity index (χ2v) is 3.38. The van der Waals surface area contributed by atoms with Gasteiger partial charge in [-0.05, 0) is 17.7 Å². The molecule has 0 atom stereocenters. The van der Waals surface area contributed by atoms with E-state index in [1.165, 1.54) is 6.26 Å². The van der Waals surface area contributed by atoms with Crippen LogP contribution in [-0.2, 0) is 4.74 Å². The molecule has 0 aliphatic heterocycles. The van der Waals surface area contributed by atoms with Crippen molar-refractivity contribution >= 4 is 6.08 Å². The van der Waals surface area contributed by atoms with Crippen LogP contribution in [-0.4, -0.2) is 32.0 Å². The van der Waals surface area contributed by atoms with Crippen LogP contribution in [0.5, 0.6) is 11.5 Å². The molecule has 18 heavy (non-hydrogen) atoms. The highest BCUT2D eigenvalue weighted by Crippen LogP contribution is 2.28. The summed E-state index contributed by atoms with van der Waals surface area (Å²) in [6.45, 7) is 4.33. The molecule has 1 aromatic rings. The Hall–Kier alpha value is -1.94. The molecular weight excluding hydrogens is 232 g/mol. The third-order valence-corrected chi connectivity index (χ3v) is 2.18. The van der Waals surface area contributed by atoms with Crippen LogP contribution in [0.3, 0.4) is 0 Å². The number of aliphatic hydroxyl groups excluding tert-OH is 1. The minimum absolute atomic E-state index is 0.0134. The summed E-state index contributed by atoms with van der Waals surface area (Å²) in [7, 11) is 1.59. The molecule has 1 rings (SSSR count). The molecule has 0 aliphatic rings. The zero-order valence-corrected chi connectivity index (χ0v) is 10.5. The molecule has 0 radical (unpaired) electrons. The molecule has 0 aromatic heterocycles. The smallest absolute Gasteiger partial charge is 0.161 e. The van der Waals surface area contributed by atoms with E-state index in [-0.39, 0.29) is 6.61 Å². The molecule has 0 saturated carbocycles. The van der Waals surface area contributed by atoms with E-state index < -0.39 is 0 Å². The highest BCUT2D eigenvalue weighted by molar-refractivity contribution is 5.55. The lowest BCUT2D eigenvalue weighted by Crippen LogP contribution is -2.04. The second kappa shape index (κ2) is 8.20. The van der Waals surface area contributed by atoms with Crippen molar-refractivity contribution in [1.29, 1.82) is 0 Å². The molecule has 0 unspecified atom stereocenters. The molecule has 1 N–H and O–H groups in total. The highest BCUT2D eigenvalue weighted by atomic mass is 16.5. The molecule has 0 fully saturated rings. The minimum Gasteiger partial charge on any atom is -0.498 e. The van der Waals surface area contributed by atoms with Crippen LogP contribution in [0.4, 0.5) is 0 Å². The summed E-state index contributed by atoms with van der Waals surface area (Å²) in [6.07, 6.45) is 4.85. The van der Waals surface area contributed by atoms with Crippen molar-refractivity contribution in [2.24, 2.45) is 0 Å². The van der Waals surface area contributed by atoms with E-state index in [1.54, 1.807) is 13.2 Å². The van der Waals surface area contributed by atoms with E-state index in [4.69, 9.17) is 19.3 Å². The number of hydrogen-bond acceptors (Lipinski definition) is 4. The predicted octanol–water partition coefficient (Wildman–Crippen LogP) is 2.24. The quantitative estimate of drug-likeness (QED) is 0.568. The van der Waals surface area contributed by atoms with Gasteiger partial charge in [0.1, 0.15) is 13.2 Å². The van der Waals surface area contributed by atoms with Gasteiger partial charge in [0.05, 0.1) is 20.0 Å². The van der Waals surface area contributed by atoms with Gasteiger partial charge in [-0.1, -0.05) is 24.8 Å². The lowest BCUT2D eigenvalue weighted by molar-refractivity contribution is 0.176. The summed E-state index contributed by atoms with van der Waals surface area (Å²) in [5.41, 5.74) is 0.940. The van der Waals surface area contributed by atoms with Gasteiger partial charge in [-0.15, -0.1) is 0 Å². The van der Waals surface area contributed by atoms with Crippen LogP contribution < -0.4 is 9.47 Å². The number of benzene rings is 1. The lowest BCUT2D eigenvalue weighted by atomic mass is 10.2. The van der Waals surface area contributed by atoms with E-state index in [0.717, 1.165) is 5.56 Å². The van der Waals surface area contributed by atoms with E-state index in [1.807, 2.05) is 24.3 Å². The summed E-state index contributed by atoms with van der Waals surface area (Å²) in [5, 5.41) is 8.71. The van der Waals surface area contributed by atoms with Crippen molar-refractivity contribution in [3.8, 4) is 11.5 Å². The first-order valence-corrected chi connectivity index (χ1v) is 5.62. The number of aliphatic hydroxyl groups is 1. The minimum atomic E-state index is 0.0134. The summed E-state index contributed by atoms with van der Waals surface area (Å²) in [6, 6.07) is 5.55. The monoisotopic (exact) mass is 250 g/mol. The fourth-order valence-corrected chi connectivity index (χ4v) is 1.38. The molecule has 0 amide bonds. The Morgan fingerprint density at radius 2 is 2.11 bits per heavy atom. The highest BCUT2D eigenvalue weighted by Gasteiger charge is 2.04. The van der Waals surface area contributed by atoms with Crippen molar-refractivity contribution < 1.29 is 19.3 Å². The zero-order valence-electron chi connectivity index (χ0n) is 10.5. The van der Waals surface area contributed by atoms with Gasteiger partial charge >= 0.3 is 0 Å². The van der Waals surface area contributed by atoms with Gasteiger partial charge in [-0.25, -0.2) is 0 Å². The SMILES string of the molecule is C=COCCOc1ccc(/C=C/CO)cc1OC. The van der Waals surface area contributed by atoms with Crippen LogP contribution in [0.15, 0.2) is 37.1 Å². The Balaban J connectivity index is 2.67. The van der Waals surface area contributed by atoms with Gasteiger partial charge in [0.2, 0.25) is 0 Å². The Labute approximate surface area is 107 Å². The Bertz CT molecular complexity index is 399. The van der Waals surface area contributed by atoms with Gasteiger partial charge < -0.3 is 19.3 Å². The van der Waals surface area contributed by atoms with E-state index in [2.05, 4.69) is 6.58 Å². The van der Waals surface area contributed by atoms with Crippen LogP contribution in [0.1, 0.15) is 5.56 Å². The van der Waals surface area contributed by atoms with Crippen molar-refractivity contribution in [3.63, 3.8) is 0 Å². The number of hydrogen-bond donors (Lipinski definition) is 1. The molecule has 0 heterocycles. The standard InChI is InChI=1S/C14H18O4/c1-3-17-9-10-18-13-7-6-12(5-4-8-15)11-14(13)16-2/h3-7,11,15H,1,8-10H2,2H3/b5-4+. The zero-order chi connectivity index (χ0) is 13.2. The van der Waals surface area contributed by atoms with Gasteiger partial charge in [-0.3, -0.25) is 0 Å². The van der Waals surface area contributed by atoms with Crippen LogP contribution in [0.2, 0.25) is 0 Å². The number of rotatable bonds is 8. The maximum absolute atomic E-state index is 8.71. The molecule has 0 spiro atoms. The van der Waals surface area contributed by atoms with Crippen molar-refractivity contribution in [2.45, 2.75) is 0 Å². The third-order valence-electron chi connectivity index (χ3n) is 2.18. The number of ether oxygens (including phenoxy) is 3. The topological polar surface area (TPSA) is 47.9 Å². The maximum atomic E-state index is 8.71. The predicted molar refractivity (Wildman–Crippen MR) is 70.8 cm³/mol. The summed E-state index contributed by atoms with van der Waals surface area (Å²) in [4.78, 5) is 0. The average molecular weight is 250 g/mol. The van der Waals surface area contributed by atoms with Crippen LogP contribution in [0.25, 0.3) is 6.08 Å². The largest absolute Gasteiger partial charge is 0.498 e. The maximum Gasteiger partial charge on any atom is 0.161 e. The lowest BCUT2D eigenvalue weighted by Gasteiger charge is -2.11. The Morgan fingerprint density at radius 3 is 2.78 bits per heavy atom. The van der Waals surface area contributed by atoms with Gasteiger partial charge in [-0.2, -0.15) is 0 Å². The first-order valence-electron chi connectivity index (χ1n) is 5.62. The molecule has 0 aliphatic carbocycles. The molecule has 4 heteroatoms. The normalized spacial score (nSPS) is 10.3.